The summed E-state index contributed by atoms with van der Waals surface area (Å²) in [5.41, 5.74) is 4.50. The lowest BCUT2D eigenvalue weighted by Gasteiger charge is -2.01. The van der Waals surface area contributed by atoms with Gasteiger partial charge in [-0.25, -0.2) is 0 Å². The smallest absolute Gasteiger partial charge is 0.0702 e. The first-order chi connectivity index (χ1) is 14.8. The second-order valence-corrected chi connectivity index (χ2v) is 8.81. The van der Waals surface area contributed by atoms with E-state index < -0.39 is 0 Å². The monoisotopic (exact) mass is 400 g/mol. The quantitative estimate of drug-likeness (QED) is 0.298. The predicted octanol–water partition coefficient (Wildman–Crippen LogP) is 7.90. The van der Waals surface area contributed by atoms with Gasteiger partial charge >= 0.3 is 0 Å². The average molecular weight is 401 g/mol. The molecule has 0 atom stereocenters. The zero-order chi connectivity index (χ0) is 19.7. The molecule has 0 aliphatic carbocycles. The first kappa shape index (κ1) is 16.1. The van der Waals surface area contributed by atoms with Crippen LogP contribution in [0.3, 0.4) is 0 Å². The summed E-state index contributed by atoms with van der Waals surface area (Å²) in [5, 5.41) is 7.82. The van der Waals surface area contributed by atoms with E-state index in [0.29, 0.717) is 0 Å². The van der Waals surface area contributed by atoms with Crippen molar-refractivity contribution in [3.05, 3.63) is 91.1 Å². The molecule has 0 amide bonds. The minimum Gasteiger partial charge on any atom is -0.354 e. The van der Waals surface area contributed by atoms with E-state index in [4.69, 9.17) is 0 Å². The first-order valence-electron chi connectivity index (χ1n) is 10.1. The molecule has 4 aromatic carbocycles. The fraction of sp³-hybridized carbons (Fsp3) is 0. The van der Waals surface area contributed by atoms with Crippen LogP contribution >= 0.6 is 11.3 Å². The van der Waals surface area contributed by atoms with Crippen molar-refractivity contribution in [2.24, 2.45) is 0 Å². The summed E-state index contributed by atoms with van der Waals surface area (Å²) in [7, 11) is 0. The number of aromatic nitrogens is 2. The van der Waals surface area contributed by atoms with Crippen molar-refractivity contribution < 1.29 is 0 Å². The minimum absolute atomic E-state index is 1.00. The average Bonchev–Trinajstić information content (AvgIpc) is 3.35. The van der Waals surface area contributed by atoms with Crippen molar-refractivity contribution in [3.63, 3.8) is 0 Å². The molecule has 0 radical (unpaired) electrons. The maximum atomic E-state index is 4.52. The number of H-pyrrole nitrogens is 1. The van der Waals surface area contributed by atoms with Gasteiger partial charge < -0.3 is 4.98 Å². The molecule has 0 unspecified atom stereocenters. The van der Waals surface area contributed by atoms with Gasteiger partial charge in [-0.2, -0.15) is 0 Å². The van der Waals surface area contributed by atoms with Crippen LogP contribution in [0.4, 0.5) is 0 Å². The van der Waals surface area contributed by atoms with E-state index in [0.717, 1.165) is 16.8 Å². The summed E-state index contributed by atoms with van der Waals surface area (Å²) < 4.78 is 2.69. The summed E-state index contributed by atoms with van der Waals surface area (Å²) in [6, 6.07) is 30.5. The number of pyridine rings is 1. The summed E-state index contributed by atoms with van der Waals surface area (Å²) >= 11 is 1.89. The van der Waals surface area contributed by atoms with Gasteiger partial charge in [0.2, 0.25) is 0 Å². The molecule has 7 aromatic rings. The van der Waals surface area contributed by atoms with Crippen molar-refractivity contribution in [3.8, 4) is 11.3 Å². The first-order valence-corrected chi connectivity index (χ1v) is 10.9. The van der Waals surface area contributed by atoms with Gasteiger partial charge in [0.15, 0.2) is 0 Å². The zero-order valence-electron chi connectivity index (χ0n) is 16.0. The maximum absolute atomic E-state index is 4.52. The Hall–Kier alpha value is -3.69. The third-order valence-electron chi connectivity index (χ3n) is 6.04. The van der Waals surface area contributed by atoms with Gasteiger partial charge in [-0.15, -0.1) is 11.3 Å². The summed E-state index contributed by atoms with van der Waals surface area (Å²) in [6.07, 6.45) is 1.85. The molecule has 0 fully saturated rings. The van der Waals surface area contributed by atoms with Crippen LogP contribution in [-0.4, -0.2) is 9.97 Å². The van der Waals surface area contributed by atoms with Crippen LogP contribution < -0.4 is 0 Å². The zero-order valence-corrected chi connectivity index (χ0v) is 16.8. The van der Waals surface area contributed by atoms with E-state index in [-0.39, 0.29) is 0 Å². The van der Waals surface area contributed by atoms with Gasteiger partial charge in [0.25, 0.3) is 0 Å². The van der Waals surface area contributed by atoms with E-state index in [1.165, 1.54) is 47.2 Å². The molecule has 140 valence electrons. The highest BCUT2D eigenvalue weighted by Crippen LogP contribution is 2.41. The van der Waals surface area contributed by atoms with Crippen LogP contribution in [-0.2, 0) is 0 Å². The fourth-order valence-electron chi connectivity index (χ4n) is 4.59. The lowest BCUT2D eigenvalue weighted by Crippen LogP contribution is -1.81. The van der Waals surface area contributed by atoms with Crippen molar-refractivity contribution in [1.29, 1.82) is 0 Å². The lowest BCUT2D eigenvalue weighted by atomic mass is 10.0. The van der Waals surface area contributed by atoms with Gasteiger partial charge in [-0.05, 0) is 47.2 Å². The number of aromatic amines is 1. The third-order valence-corrected chi connectivity index (χ3v) is 7.24. The highest BCUT2D eigenvalue weighted by Gasteiger charge is 2.13. The number of rotatable bonds is 1. The predicted molar refractivity (Wildman–Crippen MR) is 129 cm³/mol. The SMILES string of the molecule is c1ccc(-c2ccc3[nH]c4cc5sc6c7ccccc7ccc6c5cc4c3c2)nc1. The van der Waals surface area contributed by atoms with Crippen LogP contribution in [0, 0.1) is 0 Å². The molecular weight excluding hydrogens is 384 g/mol. The number of nitrogens with zero attached hydrogens (tertiary/aromatic N) is 1. The molecule has 0 bridgehead atoms. The highest BCUT2D eigenvalue weighted by molar-refractivity contribution is 7.26. The standard InChI is InChI=1S/C27H16N2S/c1-2-6-18-16(5-1)8-10-19-22-14-21-20-13-17(23-7-3-4-12-28-23)9-11-24(20)29-25(21)15-26(22)30-27(18)19/h1-15,29H. The van der Waals surface area contributed by atoms with Crippen LogP contribution in [0.25, 0.3) is 64.0 Å². The molecule has 1 N–H and O–H groups in total. The third kappa shape index (κ3) is 2.21. The summed E-state index contributed by atoms with van der Waals surface area (Å²) in [6.45, 7) is 0. The Morgan fingerprint density at radius 3 is 2.47 bits per heavy atom. The van der Waals surface area contributed by atoms with Gasteiger partial charge in [-0.3, -0.25) is 4.98 Å². The number of hydrogen-bond acceptors (Lipinski definition) is 2. The largest absolute Gasteiger partial charge is 0.354 e. The molecule has 0 aliphatic rings. The molecule has 0 saturated carbocycles. The highest BCUT2D eigenvalue weighted by atomic mass is 32.1. The van der Waals surface area contributed by atoms with Crippen molar-refractivity contribution in [2.75, 3.05) is 0 Å². The molecule has 2 nitrogen and oxygen atoms in total. The number of nitrogens with one attached hydrogen (secondary N) is 1. The Labute approximate surface area is 176 Å². The van der Waals surface area contributed by atoms with Crippen LogP contribution in [0.2, 0.25) is 0 Å². The van der Waals surface area contributed by atoms with Gasteiger partial charge in [-0.1, -0.05) is 48.5 Å². The molecule has 3 aromatic heterocycles. The Bertz CT molecular complexity index is 1740. The van der Waals surface area contributed by atoms with E-state index >= 15 is 0 Å². The van der Waals surface area contributed by atoms with E-state index in [2.05, 4.69) is 82.8 Å². The molecule has 3 heterocycles. The fourth-order valence-corrected chi connectivity index (χ4v) is 5.85. The maximum Gasteiger partial charge on any atom is 0.0702 e. The van der Waals surface area contributed by atoms with Gasteiger partial charge in [0.05, 0.1) is 5.69 Å². The number of fused-ring (bicyclic) bond motifs is 8. The molecule has 7 rings (SSSR count). The van der Waals surface area contributed by atoms with Crippen molar-refractivity contribution in [2.45, 2.75) is 0 Å². The van der Waals surface area contributed by atoms with Crippen LogP contribution in [0.5, 0.6) is 0 Å². The molecule has 0 saturated heterocycles. The van der Waals surface area contributed by atoms with E-state index in [1.54, 1.807) is 0 Å². The topological polar surface area (TPSA) is 28.7 Å². The number of hydrogen-bond donors (Lipinski definition) is 1. The number of thiophene rings is 1. The molecular formula is C27H16N2S. The summed E-state index contributed by atoms with van der Waals surface area (Å²) in [4.78, 5) is 8.14. The second kappa shape index (κ2) is 5.91. The van der Waals surface area contributed by atoms with E-state index in [1.807, 2.05) is 29.7 Å². The Morgan fingerprint density at radius 1 is 0.633 bits per heavy atom. The molecule has 0 aliphatic heterocycles. The van der Waals surface area contributed by atoms with Crippen molar-refractivity contribution in [1.82, 2.24) is 9.97 Å². The molecule has 3 heteroatoms. The Balaban J connectivity index is 1.56. The number of benzene rings is 4. The molecule has 30 heavy (non-hydrogen) atoms. The normalized spacial score (nSPS) is 12.0. The van der Waals surface area contributed by atoms with Crippen LogP contribution in [0.1, 0.15) is 0 Å². The van der Waals surface area contributed by atoms with E-state index in [9.17, 15) is 0 Å². The Morgan fingerprint density at radius 2 is 1.53 bits per heavy atom. The van der Waals surface area contributed by atoms with Crippen LogP contribution in [0.15, 0.2) is 91.1 Å². The Kier molecular flexibility index (Phi) is 3.18. The summed E-state index contributed by atoms with van der Waals surface area (Å²) in [5.74, 6) is 0. The van der Waals surface area contributed by atoms with Gasteiger partial charge in [0.1, 0.15) is 0 Å². The van der Waals surface area contributed by atoms with Gasteiger partial charge in [0, 0.05) is 53.7 Å². The van der Waals surface area contributed by atoms with Crippen molar-refractivity contribution >= 4 is 64.1 Å². The lowest BCUT2D eigenvalue weighted by molar-refractivity contribution is 1.33. The molecule has 0 spiro atoms. The minimum atomic E-state index is 1.00. The second-order valence-electron chi connectivity index (χ2n) is 7.76.